The van der Waals surface area contributed by atoms with Crippen LogP contribution in [0.15, 0.2) is 97.2 Å². The normalized spacial score (nSPS) is 10.8. The number of rotatable bonds is 6. The highest BCUT2D eigenvalue weighted by Crippen LogP contribution is 2.34. The van der Waals surface area contributed by atoms with E-state index >= 15 is 0 Å². The Morgan fingerprint density at radius 2 is 1.53 bits per heavy atom. The Morgan fingerprint density at radius 3 is 2.29 bits per heavy atom. The summed E-state index contributed by atoms with van der Waals surface area (Å²) in [5.74, 6) is 0.924. The summed E-state index contributed by atoms with van der Waals surface area (Å²) in [6, 6.07) is 29.1. The molecule has 5 rings (SSSR count). The smallest absolute Gasteiger partial charge is 0.259 e. The number of hydrogen-bond acceptors (Lipinski definition) is 4. The second-order valence-electron chi connectivity index (χ2n) is 7.76. The molecule has 1 heterocycles. The van der Waals surface area contributed by atoms with Gasteiger partial charge in [-0.15, -0.1) is 0 Å². The number of aromatic nitrogens is 2. The van der Waals surface area contributed by atoms with Crippen molar-refractivity contribution in [3.8, 4) is 28.4 Å². The van der Waals surface area contributed by atoms with Gasteiger partial charge in [0.2, 0.25) is 0 Å². The lowest BCUT2D eigenvalue weighted by Gasteiger charge is -2.10. The van der Waals surface area contributed by atoms with Crippen molar-refractivity contribution < 1.29 is 14.3 Å². The molecule has 4 aromatic carbocycles. The molecule has 0 atom stereocenters. The van der Waals surface area contributed by atoms with Gasteiger partial charge >= 0.3 is 0 Å². The molecule has 0 unspecified atom stereocenters. The van der Waals surface area contributed by atoms with E-state index in [9.17, 15) is 4.79 Å². The van der Waals surface area contributed by atoms with Crippen LogP contribution in [0.4, 0.5) is 5.69 Å². The van der Waals surface area contributed by atoms with Crippen LogP contribution in [0.5, 0.6) is 11.5 Å². The highest BCUT2D eigenvalue weighted by atomic mass is 16.5. The number of nitrogens with one attached hydrogen (secondary N) is 1. The number of nitrogens with zero attached hydrogens (tertiary/aromatic N) is 2. The maximum absolute atomic E-state index is 13.4. The van der Waals surface area contributed by atoms with Crippen molar-refractivity contribution in [2.45, 2.75) is 0 Å². The first-order valence-corrected chi connectivity index (χ1v) is 10.8. The standard InChI is InChI=1S/C28H23N3O3/c1-33-25-15-13-21(17-26(25)34-2)27-24(18-31(30-27)23-10-4-3-5-11-23)28(32)29-22-14-12-19-8-6-7-9-20(19)16-22/h3-18H,1-2H3,(H,29,32). The Bertz CT molecular complexity index is 1480. The van der Waals surface area contributed by atoms with E-state index in [0.717, 1.165) is 27.7 Å². The first kappa shape index (κ1) is 21.3. The van der Waals surface area contributed by atoms with Crippen LogP contribution >= 0.6 is 0 Å². The summed E-state index contributed by atoms with van der Waals surface area (Å²) >= 11 is 0. The largest absolute Gasteiger partial charge is 0.493 e. The molecule has 6 nitrogen and oxygen atoms in total. The molecule has 0 spiro atoms. The predicted octanol–water partition coefficient (Wildman–Crippen LogP) is 5.96. The minimum absolute atomic E-state index is 0.248. The van der Waals surface area contributed by atoms with Crippen molar-refractivity contribution in [1.82, 2.24) is 9.78 Å². The summed E-state index contributed by atoms with van der Waals surface area (Å²) in [5, 5.41) is 9.95. The number of carbonyl (C=O) groups excluding carboxylic acids is 1. The Hall–Kier alpha value is -4.58. The van der Waals surface area contributed by atoms with E-state index < -0.39 is 0 Å². The predicted molar refractivity (Wildman–Crippen MR) is 134 cm³/mol. The summed E-state index contributed by atoms with van der Waals surface area (Å²) in [7, 11) is 3.17. The van der Waals surface area contributed by atoms with E-state index in [4.69, 9.17) is 14.6 Å². The van der Waals surface area contributed by atoms with Crippen LogP contribution in [-0.2, 0) is 0 Å². The zero-order valence-electron chi connectivity index (χ0n) is 18.9. The maximum Gasteiger partial charge on any atom is 0.259 e. The third kappa shape index (κ3) is 4.09. The molecular weight excluding hydrogens is 426 g/mol. The SMILES string of the molecule is COc1ccc(-c2nn(-c3ccccc3)cc2C(=O)Nc2ccc3ccccc3c2)cc1OC. The number of methoxy groups -OCH3 is 2. The molecule has 0 radical (unpaired) electrons. The molecule has 0 bridgehead atoms. The van der Waals surface area contributed by atoms with E-state index in [2.05, 4.69) is 5.32 Å². The number of benzene rings is 4. The van der Waals surface area contributed by atoms with Crippen molar-refractivity contribution in [3.05, 3.63) is 103 Å². The van der Waals surface area contributed by atoms with Crippen molar-refractivity contribution >= 4 is 22.4 Å². The Labute approximate surface area is 197 Å². The molecule has 1 N–H and O–H groups in total. The Kier molecular flexibility index (Phi) is 5.70. The molecule has 1 aromatic heterocycles. The molecular formula is C28H23N3O3. The van der Waals surface area contributed by atoms with Gasteiger partial charge in [0.15, 0.2) is 11.5 Å². The van der Waals surface area contributed by atoms with Gasteiger partial charge in [-0.05, 0) is 53.2 Å². The average molecular weight is 450 g/mol. The molecule has 5 aromatic rings. The van der Waals surface area contributed by atoms with Crippen LogP contribution in [0.1, 0.15) is 10.4 Å². The Balaban J connectivity index is 1.57. The molecule has 0 fully saturated rings. The minimum atomic E-state index is -0.248. The number of fused-ring (bicyclic) bond motifs is 1. The number of carbonyl (C=O) groups is 1. The lowest BCUT2D eigenvalue weighted by atomic mass is 10.1. The van der Waals surface area contributed by atoms with Gasteiger partial charge < -0.3 is 14.8 Å². The summed E-state index contributed by atoms with van der Waals surface area (Å²) in [5.41, 5.74) is 3.31. The van der Waals surface area contributed by atoms with E-state index in [1.54, 1.807) is 31.2 Å². The lowest BCUT2D eigenvalue weighted by molar-refractivity contribution is 0.102. The van der Waals surface area contributed by atoms with Gasteiger partial charge in [-0.2, -0.15) is 5.10 Å². The molecule has 1 amide bonds. The van der Waals surface area contributed by atoms with Gasteiger partial charge in [-0.1, -0.05) is 48.5 Å². The van der Waals surface area contributed by atoms with Gasteiger partial charge in [0.1, 0.15) is 5.69 Å². The third-order valence-electron chi connectivity index (χ3n) is 5.64. The number of hydrogen-bond donors (Lipinski definition) is 1. The van der Waals surface area contributed by atoms with Crippen LogP contribution in [0.3, 0.4) is 0 Å². The van der Waals surface area contributed by atoms with Crippen LogP contribution < -0.4 is 14.8 Å². The van der Waals surface area contributed by atoms with Gasteiger partial charge in [-0.3, -0.25) is 4.79 Å². The van der Waals surface area contributed by atoms with Gasteiger partial charge in [-0.25, -0.2) is 4.68 Å². The van der Waals surface area contributed by atoms with E-state index in [0.29, 0.717) is 22.8 Å². The first-order valence-electron chi connectivity index (χ1n) is 10.8. The van der Waals surface area contributed by atoms with Crippen LogP contribution in [0.2, 0.25) is 0 Å². The molecule has 0 saturated heterocycles. The number of amides is 1. The summed E-state index contributed by atoms with van der Waals surface area (Å²) in [4.78, 5) is 13.4. The fourth-order valence-corrected chi connectivity index (χ4v) is 3.92. The van der Waals surface area contributed by atoms with Gasteiger partial charge in [0.05, 0.1) is 25.5 Å². The second-order valence-corrected chi connectivity index (χ2v) is 7.76. The molecule has 168 valence electrons. The minimum Gasteiger partial charge on any atom is -0.493 e. The third-order valence-corrected chi connectivity index (χ3v) is 5.64. The fourth-order valence-electron chi connectivity index (χ4n) is 3.92. The van der Waals surface area contributed by atoms with Crippen molar-refractivity contribution in [2.75, 3.05) is 19.5 Å². The monoisotopic (exact) mass is 449 g/mol. The molecule has 0 aliphatic carbocycles. The van der Waals surface area contributed by atoms with Gasteiger partial charge in [0, 0.05) is 17.4 Å². The quantitative estimate of drug-likeness (QED) is 0.347. The van der Waals surface area contributed by atoms with E-state index in [-0.39, 0.29) is 5.91 Å². The second kappa shape index (κ2) is 9.11. The summed E-state index contributed by atoms with van der Waals surface area (Å²) in [6.45, 7) is 0. The average Bonchev–Trinajstić information content (AvgIpc) is 3.34. The fraction of sp³-hybridized carbons (Fsp3) is 0.0714. The molecule has 6 heteroatoms. The lowest BCUT2D eigenvalue weighted by Crippen LogP contribution is -2.12. The van der Waals surface area contributed by atoms with Crippen LogP contribution in [-0.4, -0.2) is 29.9 Å². The van der Waals surface area contributed by atoms with E-state index in [1.807, 2.05) is 84.9 Å². The molecule has 0 aliphatic rings. The topological polar surface area (TPSA) is 65.4 Å². The molecule has 34 heavy (non-hydrogen) atoms. The molecule has 0 saturated carbocycles. The van der Waals surface area contributed by atoms with Crippen molar-refractivity contribution in [2.24, 2.45) is 0 Å². The van der Waals surface area contributed by atoms with Crippen LogP contribution in [0.25, 0.3) is 27.7 Å². The zero-order valence-corrected chi connectivity index (χ0v) is 18.9. The van der Waals surface area contributed by atoms with Crippen molar-refractivity contribution in [3.63, 3.8) is 0 Å². The first-order chi connectivity index (χ1) is 16.7. The highest BCUT2D eigenvalue weighted by molar-refractivity contribution is 6.08. The zero-order chi connectivity index (χ0) is 23.5. The summed E-state index contributed by atoms with van der Waals surface area (Å²) in [6.07, 6.45) is 1.75. The summed E-state index contributed by atoms with van der Waals surface area (Å²) < 4.78 is 12.5. The van der Waals surface area contributed by atoms with Crippen molar-refractivity contribution in [1.29, 1.82) is 0 Å². The number of para-hydroxylation sites is 1. The number of anilines is 1. The Morgan fingerprint density at radius 1 is 0.794 bits per heavy atom. The van der Waals surface area contributed by atoms with E-state index in [1.165, 1.54) is 0 Å². The highest BCUT2D eigenvalue weighted by Gasteiger charge is 2.20. The van der Waals surface area contributed by atoms with Crippen LogP contribution in [0, 0.1) is 0 Å². The molecule has 0 aliphatic heterocycles. The maximum atomic E-state index is 13.4. The van der Waals surface area contributed by atoms with Gasteiger partial charge in [0.25, 0.3) is 5.91 Å². The number of ether oxygens (including phenoxy) is 2.